The SMILES string of the molecule is COCC(=O)Nc1cc(F)c(C)cc1F. The maximum absolute atomic E-state index is 13.2. The van der Waals surface area contributed by atoms with Gasteiger partial charge in [0.25, 0.3) is 0 Å². The summed E-state index contributed by atoms with van der Waals surface area (Å²) in [7, 11) is 1.34. The first kappa shape index (κ1) is 11.6. The highest BCUT2D eigenvalue weighted by Gasteiger charge is 2.09. The first-order chi connectivity index (χ1) is 7.04. The fourth-order valence-corrected chi connectivity index (χ4v) is 1.06. The Morgan fingerprint density at radius 3 is 2.67 bits per heavy atom. The molecule has 0 unspecified atom stereocenters. The van der Waals surface area contributed by atoms with Crippen LogP contribution in [-0.2, 0) is 9.53 Å². The number of hydrogen-bond acceptors (Lipinski definition) is 2. The van der Waals surface area contributed by atoms with E-state index in [4.69, 9.17) is 0 Å². The number of nitrogens with one attached hydrogen (secondary N) is 1. The zero-order chi connectivity index (χ0) is 11.4. The molecule has 5 heteroatoms. The van der Waals surface area contributed by atoms with E-state index >= 15 is 0 Å². The summed E-state index contributed by atoms with van der Waals surface area (Å²) in [6.07, 6.45) is 0. The molecule has 0 atom stereocenters. The third-order valence-electron chi connectivity index (χ3n) is 1.80. The minimum absolute atomic E-state index is 0.180. The second-order valence-corrected chi connectivity index (χ2v) is 3.06. The van der Waals surface area contributed by atoms with Crippen LogP contribution in [-0.4, -0.2) is 19.6 Å². The number of anilines is 1. The van der Waals surface area contributed by atoms with Crippen LogP contribution in [0.3, 0.4) is 0 Å². The highest BCUT2D eigenvalue weighted by molar-refractivity contribution is 5.91. The van der Waals surface area contributed by atoms with Gasteiger partial charge in [0.05, 0.1) is 5.69 Å². The molecule has 0 heterocycles. The summed E-state index contributed by atoms with van der Waals surface area (Å²) >= 11 is 0. The van der Waals surface area contributed by atoms with Gasteiger partial charge >= 0.3 is 0 Å². The summed E-state index contributed by atoms with van der Waals surface area (Å²) in [5.74, 6) is -1.76. The highest BCUT2D eigenvalue weighted by Crippen LogP contribution is 2.18. The van der Waals surface area contributed by atoms with Gasteiger partial charge in [-0.2, -0.15) is 0 Å². The predicted molar refractivity (Wildman–Crippen MR) is 51.6 cm³/mol. The average Bonchev–Trinajstić information content (AvgIpc) is 2.14. The van der Waals surface area contributed by atoms with Crippen molar-refractivity contribution in [3.63, 3.8) is 0 Å². The standard InChI is InChI=1S/C10H11F2NO2/c1-6-3-8(12)9(4-7(6)11)13-10(14)5-15-2/h3-4H,5H2,1-2H3,(H,13,14). The molecule has 0 aromatic heterocycles. The van der Waals surface area contributed by atoms with Crippen molar-refractivity contribution in [2.24, 2.45) is 0 Å². The third kappa shape index (κ3) is 2.99. The number of halogens is 2. The van der Waals surface area contributed by atoms with Crippen molar-refractivity contribution >= 4 is 11.6 Å². The van der Waals surface area contributed by atoms with Crippen molar-refractivity contribution < 1.29 is 18.3 Å². The Labute approximate surface area is 86.0 Å². The van der Waals surface area contributed by atoms with Crippen molar-refractivity contribution in [1.29, 1.82) is 0 Å². The number of rotatable bonds is 3. The molecule has 1 amide bonds. The molecule has 0 aliphatic carbocycles. The Morgan fingerprint density at radius 2 is 2.07 bits per heavy atom. The molecule has 0 aliphatic heterocycles. The second-order valence-electron chi connectivity index (χ2n) is 3.06. The smallest absolute Gasteiger partial charge is 0.250 e. The molecular weight excluding hydrogens is 204 g/mol. The predicted octanol–water partition coefficient (Wildman–Crippen LogP) is 1.86. The monoisotopic (exact) mass is 215 g/mol. The fraction of sp³-hybridized carbons (Fsp3) is 0.300. The van der Waals surface area contributed by atoms with Gasteiger partial charge in [-0.15, -0.1) is 0 Å². The molecule has 1 aromatic carbocycles. The summed E-state index contributed by atoms with van der Waals surface area (Å²) in [5, 5.41) is 2.20. The topological polar surface area (TPSA) is 38.3 Å². The van der Waals surface area contributed by atoms with E-state index in [-0.39, 0.29) is 17.9 Å². The quantitative estimate of drug-likeness (QED) is 0.835. The molecule has 1 aromatic rings. The Hall–Kier alpha value is -1.49. The molecule has 0 saturated carbocycles. The van der Waals surface area contributed by atoms with Crippen LogP contribution in [0.5, 0.6) is 0 Å². The zero-order valence-corrected chi connectivity index (χ0v) is 8.43. The van der Waals surface area contributed by atoms with Crippen LogP contribution in [0, 0.1) is 18.6 Å². The summed E-state index contributed by atoms with van der Waals surface area (Å²) in [4.78, 5) is 11.0. The van der Waals surface area contributed by atoms with Crippen LogP contribution < -0.4 is 5.32 Å². The second kappa shape index (κ2) is 4.84. The van der Waals surface area contributed by atoms with Crippen LogP contribution in [0.25, 0.3) is 0 Å². The number of carbonyl (C=O) groups is 1. The van der Waals surface area contributed by atoms with E-state index in [2.05, 4.69) is 10.1 Å². The van der Waals surface area contributed by atoms with Crippen LogP contribution in [0.2, 0.25) is 0 Å². The molecular formula is C10H11F2NO2. The first-order valence-electron chi connectivity index (χ1n) is 4.29. The lowest BCUT2D eigenvalue weighted by Gasteiger charge is -2.07. The number of amides is 1. The summed E-state index contributed by atoms with van der Waals surface area (Å²) < 4.78 is 30.8. The van der Waals surface area contributed by atoms with Crippen molar-refractivity contribution in [2.75, 3.05) is 19.0 Å². The molecule has 0 saturated heterocycles. The van der Waals surface area contributed by atoms with Gasteiger partial charge in [0.2, 0.25) is 5.91 Å². The van der Waals surface area contributed by atoms with E-state index in [1.165, 1.54) is 14.0 Å². The molecule has 1 rings (SSSR count). The van der Waals surface area contributed by atoms with Gasteiger partial charge < -0.3 is 10.1 Å². The number of benzene rings is 1. The Morgan fingerprint density at radius 1 is 1.40 bits per heavy atom. The summed E-state index contributed by atoms with van der Waals surface area (Å²) in [6.45, 7) is 1.24. The summed E-state index contributed by atoms with van der Waals surface area (Å²) in [5.41, 5.74) is 0.0115. The van der Waals surface area contributed by atoms with Gasteiger partial charge in [-0.1, -0.05) is 0 Å². The molecule has 0 aliphatic rings. The van der Waals surface area contributed by atoms with Gasteiger partial charge in [-0.3, -0.25) is 4.79 Å². The number of aryl methyl sites for hydroxylation is 1. The van der Waals surface area contributed by atoms with E-state index in [0.717, 1.165) is 12.1 Å². The zero-order valence-electron chi connectivity index (χ0n) is 8.43. The fourth-order valence-electron chi connectivity index (χ4n) is 1.06. The third-order valence-corrected chi connectivity index (χ3v) is 1.80. The molecule has 1 N–H and O–H groups in total. The van der Waals surface area contributed by atoms with Crippen LogP contribution in [0.1, 0.15) is 5.56 Å². The van der Waals surface area contributed by atoms with Crippen LogP contribution >= 0.6 is 0 Å². The Balaban J connectivity index is 2.86. The molecule has 15 heavy (non-hydrogen) atoms. The minimum Gasteiger partial charge on any atom is -0.375 e. The van der Waals surface area contributed by atoms with Crippen molar-refractivity contribution in [3.05, 3.63) is 29.3 Å². The largest absolute Gasteiger partial charge is 0.375 e. The van der Waals surface area contributed by atoms with E-state index in [1.54, 1.807) is 0 Å². The van der Waals surface area contributed by atoms with Crippen LogP contribution in [0.15, 0.2) is 12.1 Å². The van der Waals surface area contributed by atoms with E-state index in [9.17, 15) is 13.6 Å². The van der Waals surface area contributed by atoms with Gasteiger partial charge in [0.1, 0.15) is 18.2 Å². The van der Waals surface area contributed by atoms with Crippen molar-refractivity contribution in [2.45, 2.75) is 6.92 Å². The highest BCUT2D eigenvalue weighted by atomic mass is 19.1. The Bertz CT molecular complexity index is 380. The van der Waals surface area contributed by atoms with Gasteiger partial charge in [-0.05, 0) is 18.6 Å². The molecule has 0 fully saturated rings. The van der Waals surface area contributed by atoms with E-state index in [0.29, 0.717) is 0 Å². The van der Waals surface area contributed by atoms with Gasteiger partial charge in [-0.25, -0.2) is 8.78 Å². The van der Waals surface area contributed by atoms with Crippen LogP contribution in [0.4, 0.5) is 14.5 Å². The molecule has 0 spiro atoms. The van der Waals surface area contributed by atoms with Gasteiger partial charge in [0.15, 0.2) is 0 Å². The van der Waals surface area contributed by atoms with Gasteiger partial charge in [0, 0.05) is 13.2 Å². The van der Waals surface area contributed by atoms with Crippen molar-refractivity contribution in [3.8, 4) is 0 Å². The lowest BCUT2D eigenvalue weighted by atomic mass is 10.2. The van der Waals surface area contributed by atoms with E-state index < -0.39 is 17.5 Å². The van der Waals surface area contributed by atoms with Crippen molar-refractivity contribution in [1.82, 2.24) is 0 Å². The molecule has 0 radical (unpaired) electrons. The summed E-state index contributed by atoms with van der Waals surface area (Å²) in [6, 6.07) is 1.97. The maximum Gasteiger partial charge on any atom is 0.250 e. The minimum atomic E-state index is -0.668. The lowest BCUT2D eigenvalue weighted by molar-refractivity contribution is -0.119. The van der Waals surface area contributed by atoms with E-state index in [1.807, 2.05) is 0 Å². The number of ether oxygens (including phenoxy) is 1. The lowest BCUT2D eigenvalue weighted by Crippen LogP contribution is -2.18. The molecule has 0 bridgehead atoms. The number of methoxy groups -OCH3 is 1. The molecule has 3 nitrogen and oxygen atoms in total. The average molecular weight is 215 g/mol. The Kier molecular flexibility index (Phi) is 3.74. The normalized spacial score (nSPS) is 10.1. The number of carbonyl (C=O) groups excluding carboxylic acids is 1. The first-order valence-corrected chi connectivity index (χ1v) is 4.29. The maximum atomic E-state index is 13.2. The molecule has 82 valence electrons. The number of hydrogen-bond donors (Lipinski definition) is 1.